The lowest BCUT2D eigenvalue weighted by molar-refractivity contribution is 0.0811. The van der Waals surface area contributed by atoms with Gasteiger partial charge in [-0.25, -0.2) is 4.39 Å². The van der Waals surface area contributed by atoms with Crippen LogP contribution >= 0.6 is 0 Å². The van der Waals surface area contributed by atoms with Gasteiger partial charge in [0.15, 0.2) is 0 Å². The summed E-state index contributed by atoms with van der Waals surface area (Å²) < 4.78 is 18.7. The summed E-state index contributed by atoms with van der Waals surface area (Å²) in [6, 6.07) is 4.72. The molecule has 0 aliphatic heterocycles. The number of halogens is 1. The molecule has 0 unspecified atom stereocenters. The quantitative estimate of drug-likeness (QED) is 0.823. The zero-order valence-electron chi connectivity index (χ0n) is 8.75. The van der Waals surface area contributed by atoms with Gasteiger partial charge in [-0.2, -0.15) is 0 Å². The molecule has 0 fully saturated rings. The van der Waals surface area contributed by atoms with Crippen molar-refractivity contribution in [2.45, 2.75) is 25.9 Å². The number of hydrogen-bond acceptors (Lipinski definition) is 2. The topological polar surface area (TPSA) is 33.4 Å². The summed E-state index contributed by atoms with van der Waals surface area (Å²) in [5.74, 6) is -0.305. The molecule has 15 heavy (non-hydrogen) atoms. The van der Waals surface area contributed by atoms with Gasteiger partial charge in [0.2, 0.25) is 0 Å². The fraction of sp³-hybridized carbons (Fsp3) is 0.333. The number of fused-ring (bicyclic) bond motifs is 1. The van der Waals surface area contributed by atoms with Gasteiger partial charge in [0, 0.05) is 12.0 Å². The molecule has 0 atom stereocenters. The number of hydrogen-bond donors (Lipinski definition) is 1. The lowest BCUT2D eigenvalue weighted by Gasteiger charge is -2.15. The molecular weight excluding hydrogens is 195 g/mol. The number of rotatable bonds is 2. The minimum atomic E-state index is -0.862. The molecule has 0 radical (unpaired) electrons. The average Bonchev–Trinajstić information content (AvgIpc) is 2.47. The van der Waals surface area contributed by atoms with Crippen molar-refractivity contribution in [2.75, 3.05) is 0 Å². The van der Waals surface area contributed by atoms with E-state index < -0.39 is 5.60 Å². The van der Waals surface area contributed by atoms with Crippen LogP contribution in [0, 0.1) is 5.82 Å². The van der Waals surface area contributed by atoms with Crippen LogP contribution in [0.3, 0.4) is 0 Å². The lowest BCUT2D eigenvalue weighted by atomic mass is 9.98. The van der Waals surface area contributed by atoms with E-state index in [1.54, 1.807) is 26.0 Å². The molecule has 0 aliphatic carbocycles. The summed E-state index contributed by atoms with van der Waals surface area (Å²) in [7, 11) is 0. The highest BCUT2D eigenvalue weighted by molar-refractivity contribution is 5.81. The molecule has 0 aliphatic rings. The second-order valence-corrected chi connectivity index (χ2v) is 4.36. The Hall–Kier alpha value is -1.35. The minimum Gasteiger partial charge on any atom is -0.464 e. The Bertz CT molecular complexity index is 480. The summed E-state index contributed by atoms with van der Waals surface area (Å²) in [5, 5.41) is 10.1. The van der Waals surface area contributed by atoms with E-state index in [2.05, 4.69) is 0 Å². The van der Waals surface area contributed by atoms with E-state index >= 15 is 0 Å². The first kappa shape index (κ1) is 10.2. The van der Waals surface area contributed by atoms with E-state index in [9.17, 15) is 9.50 Å². The zero-order valence-corrected chi connectivity index (χ0v) is 8.75. The highest BCUT2D eigenvalue weighted by Gasteiger charge is 2.18. The molecule has 1 aromatic heterocycles. The molecule has 2 rings (SSSR count). The van der Waals surface area contributed by atoms with Crippen LogP contribution in [0.15, 0.2) is 28.9 Å². The van der Waals surface area contributed by atoms with Gasteiger partial charge in [0.1, 0.15) is 11.4 Å². The highest BCUT2D eigenvalue weighted by atomic mass is 19.1. The number of benzene rings is 1. The van der Waals surface area contributed by atoms with E-state index in [1.165, 1.54) is 12.3 Å². The first-order chi connectivity index (χ1) is 6.97. The first-order valence-electron chi connectivity index (χ1n) is 4.84. The van der Waals surface area contributed by atoms with Crippen molar-refractivity contribution in [1.82, 2.24) is 0 Å². The maximum Gasteiger partial charge on any atom is 0.137 e. The summed E-state index contributed by atoms with van der Waals surface area (Å²) in [6.07, 6.45) is 1.88. The minimum absolute atomic E-state index is 0.305. The van der Waals surface area contributed by atoms with Gasteiger partial charge in [0.05, 0.1) is 17.3 Å². The molecule has 3 heteroatoms. The van der Waals surface area contributed by atoms with Crippen LogP contribution in [-0.2, 0) is 6.42 Å². The van der Waals surface area contributed by atoms with Gasteiger partial charge in [0.25, 0.3) is 0 Å². The van der Waals surface area contributed by atoms with Crippen molar-refractivity contribution in [2.24, 2.45) is 0 Å². The SMILES string of the molecule is CC(C)(O)Cc1coc2cccc(F)c12. The second-order valence-electron chi connectivity index (χ2n) is 4.36. The maximum atomic E-state index is 13.5. The van der Waals surface area contributed by atoms with Gasteiger partial charge in [-0.15, -0.1) is 0 Å². The zero-order chi connectivity index (χ0) is 11.1. The average molecular weight is 208 g/mol. The monoisotopic (exact) mass is 208 g/mol. The van der Waals surface area contributed by atoms with E-state index in [0.717, 1.165) is 0 Å². The Morgan fingerprint density at radius 2 is 2.13 bits per heavy atom. The molecule has 1 aromatic carbocycles. The van der Waals surface area contributed by atoms with Crippen LogP contribution in [0.5, 0.6) is 0 Å². The third kappa shape index (κ3) is 2.02. The standard InChI is InChI=1S/C12H13FO2/c1-12(2,14)6-8-7-15-10-5-3-4-9(13)11(8)10/h3-5,7,14H,6H2,1-2H3. The van der Waals surface area contributed by atoms with Gasteiger partial charge < -0.3 is 9.52 Å². The van der Waals surface area contributed by atoms with Gasteiger partial charge in [-0.3, -0.25) is 0 Å². The lowest BCUT2D eigenvalue weighted by Crippen LogP contribution is -2.21. The molecule has 0 saturated heterocycles. The molecule has 0 amide bonds. The molecule has 0 spiro atoms. The molecular formula is C12H13FO2. The molecule has 0 saturated carbocycles. The Kier molecular flexibility index (Phi) is 2.27. The Morgan fingerprint density at radius 1 is 1.40 bits per heavy atom. The van der Waals surface area contributed by atoms with Crippen molar-refractivity contribution in [3.8, 4) is 0 Å². The number of furan rings is 1. The highest BCUT2D eigenvalue weighted by Crippen LogP contribution is 2.26. The Morgan fingerprint density at radius 3 is 2.80 bits per heavy atom. The molecule has 2 aromatic rings. The van der Waals surface area contributed by atoms with E-state index in [-0.39, 0.29) is 5.82 Å². The van der Waals surface area contributed by atoms with Crippen molar-refractivity contribution >= 4 is 11.0 Å². The summed E-state index contributed by atoms with van der Waals surface area (Å²) in [5.41, 5.74) is 0.365. The number of aliphatic hydroxyl groups is 1. The van der Waals surface area contributed by atoms with E-state index in [0.29, 0.717) is 23.0 Å². The van der Waals surface area contributed by atoms with Crippen LogP contribution in [-0.4, -0.2) is 10.7 Å². The van der Waals surface area contributed by atoms with Crippen LogP contribution in [0.1, 0.15) is 19.4 Å². The fourth-order valence-electron chi connectivity index (χ4n) is 1.70. The van der Waals surface area contributed by atoms with Gasteiger partial charge in [-0.1, -0.05) is 6.07 Å². The van der Waals surface area contributed by atoms with Crippen LogP contribution in [0.4, 0.5) is 4.39 Å². The maximum absolute atomic E-state index is 13.5. The summed E-state index contributed by atoms with van der Waals surface area (Å²) in [6.45, 7) is 3.37. The van der Waals surface area contributed by atoms with E-state index in [4.69, 9.17) is 4.42 Å². The van der Waals surface area contributed by atoms with Crippen molar-refractivity contribution in [1.29, 1.82) is 0 Å². The molecule has 1 heterocycles. The second kappa shape index (κ2) is 3.35. The van der Waals surface area contributed by atoms with Crippen molar-refractivity contribution in [3.63, 3.8) is 0 Å². The summed E-state index contributed by atoms with van der Waals surface area (Å²) in [4.78, 5) is 0. The van der Waals surface area contributed by atoms with Gasteiger partial charge >= 0.3 is 0 Å². The fourth-order valence-corrected chi connectivity index (χ4v) is 1.70. The largest absolute Gasteiger partial charge is 0.464 e. The molecule has 80 valence electrons. The predicted octanol–water partition coefficient (Wildman–Crippen LogP) is 2.89. The molecule has 1 N–H and O–H groups in total. The van der Waals surface area contributed by atoms with Crippen molar-refractivity contribution in [3.05, 3.63) is 35.8 Å². The predicted molar refractivity (Wildman–Crippen MR) is 56.2 cm³/mol. The Balaban J connectivity index is 2.53. The normalized spacial score (nSPS) is 12.3. The smallest absolute Gasteiger partial charge is 0.137 e. The van der Waals surface area contributed by atoms with Gasteiger partial charge in [-0.05, 0) is 26.0 Å². The third-order valence-electron chi connectivity index (χ3n) is 2.25. The molecule has 2 nitrogen and oxygen atoms in total. The van der Waals surface area contributed by atoms with Crippen LogP contribution in [0.2, 0.25) is 0 Å². The Labute approximate surface area is 87.3 Å². The third-order valence-corrected chi connectivity index (χ3v) is 2.25. The first-order valence-corrected chi connectivity index (χ1v) is 4.84. The van der Waals surface area contributed by atoms with Crippen molar-refractivity contribution < 1.29 is 13.9 Å². The van der Waals surface area contributed by atoms with E-state index in [1.807, 2.05) is 0 Å². The van der Waals surface area contributed by atoms with Crippen LogP contribution in [0.25, 0.3) is 11.0 Å². The summed E-state index contributed by atoms with van der Waals surface area (Å²) >= 11 is 0. The molecule has 0 bridgehead atoms. The van der Waals surface area contributed by atoms with Crippen LogP contribution < -0.4 is 0 Å².